The number of nitrogens with one attached hydrogen (secondary N) is 1. The molecule has 0 saturated heterocycles. The second-order valence-corrected chi connectivity index (χ2v) is 6.81. The molecule has 1 aromatic heterocycles. The molecule has 0 fully saturated rings. The highest BCUT2D eigenvalue weighted by atomic mass is 35.5. The molecule has 0 radical (unpaired) electrons. The molecule has 3 aromatic rings. The first-order valence-electron chi connectivity index (χ1n) is 7.18. The van der Waals surface area contributed by atoms with E-state index in [-0.39, 0.29) is 17.5 Å². The molecule has 0 aliphatic carbocycles. The number of halogens is 2. The van der Waals surface area contributed by atoms with Crippen LogP contribution in [0.5, 0.6) is 5.75 Å². The maximum Gasteiger partial charge on any atom is 0.221 e. The predicted octanol–water partition coefficient (Wildman–Crippen LogP) is 4.93. The highest BCUT2D eigenvalue weighted by molar-refractivity contribution is 7.18. The van der Waals surface area contributed by atoms with Crippen molar-refractivity contribution in [1.29, 1.82) is 0 Å². The molecule has 1 amide bonds. The number of carbonyl (C=O) groups excluding carboxylic acids is 1. The van der Waals surface area contributed by atoms with Crippen molar-refractivity contribution in [3.63, 3.8) is 0 Å². The second kappa shape index (κ2) is 6.75. The lowest BCUT2D eigenvalue weighted by Crippen LogP contribution is -2.07. The molecule has 0 saturated carbocycles. The summed E-state index contributed by atoms with van der Waals surface area (Å²) in [5.74, 6) is 0.0988. The molecule has 3 rings (SSSR count). The Balaban J connectivity index is 1.73. The highest BCUT2D eigenvalue weighted by Crippen LogP contribution is 2.28. The molecule has 1 N–H and O–H groups in total. The maximum atomic E-state index is 13.5. The fraction of sp³-hybridized carbons (Fsp3) is 0.176. The quantitative estimate of drug-likeness (QED) is 0.713. The zero-order chi connectivity index (χ0) is 17.3. The molecule has 1 heterocycles. The van der Waals surface area contributed by atoms with Crippen LogP contribution in [0.1, 0.15) is 17.5 Å². The summed E-state index contributed by atoms with van der Waals surface area (Å²) in [7, 11) is 0. The number of carbonyl (C=O) groups is 1. The van der Waals surface area contributed by atoms with Crippen molar-refractivity contribution in [2.75, 3.05) is 5.32 Å². The Labute approximate surface area is 147 Å². The van der Waals surface area contributed by atoms with Gasteiger partial charge < -0.3 is 10.1 Å². The van der Waals surface area contributed by atoms with E-state index in [1.807, 2.05) is 13.0 Å². The van der Waals surface area contributed by atoms with Crippen LogP contribution in [0.3, 0.4) is 0 Å². The second-order valence-electron chi connectivity index (χ2n) is 5.29. The van der Waals surface area contributed by atoms with Gasteiger partial charge in [0, 0.05) is 12.6 Å². The molecule has 124 valence electrons. The van der Waals surface area contributed by atoms with Crippen LogP contribution in [0.4, 0.5) is 10.1 Å². The summed E-state index contributed by atoms with van der Waals surface area (Å²) in [6, 6.07) is 8.31. The number of amides is 1. The van der Waals surface area contributed by atoms with Crippen LogP contribution < -0.4 is 10.1 Å². The van der Waals surface area contributed by atoms with Gasteiger partial charge in [-0.25, -0.2) is 9.37 Å². The Kier molecular flexibility index (Phi) is 4.69. The molecular weight excluding hydrogens is 351 g/mol. The smallest absolute Gasteiger partial charge is 0.221 e. The third-order valence-electron chi connectivity index (χ3n) is 3.35. The van der Waals surface area contributed by atoms with Crippen molar-refractivity contribution in [2.45, 2.75) is 20.5 Å². The topological polar surface area (TPSA) is 51.2 Å². The zero-order valence-corrected chi connectivity index (χ0v) is 14.6. The first-order chi connectivity index (χ1) is 11.4. The summed E-state index contributed by atoms with van der Waals surface area (Å²) in [5.41, 5.74) is 2.31. The van der Waals surface area contributed by atoms with Crippen molar-refractivity contribution in [3.8, 4) is 5.75 Å². The van der Waals surface area contributed by atoms with Gasteiger partial charge in [0.05, 0.1) is 15.2 Å². The van der Waals surface area contributed by atoms with E-state index >= 15 is 0 Å². The van der Waals surface area contributed by atoms with Crippen LogP contribution in [0.2, 0.25) is 5.02 Å². The highest BCUT2D eigenvalue weighted by Gasteiger charge is 2.09. The summed E-state index contributed by atoms with van der Waals surface area (Å²) in [6.45, 7) is 3.63. The third kappa shape index (κ3) is 3.66. The Morgan fingerprint density at radius 1 is 1.38 bits per heavy atom. The monoisotopic (exact) mass is 364 g/mol. The van der Waals surface area contributed by atoms with E-state index in [1.165, 1.54) is 30.4 Å². The molecule has 24 heavy (non-hydrogen) atoms. The van der Waals surface area contributed by atoms with Crippen LogP contribution in [0.25, 0.3) is 10.2 Å². The van der Waals surface area contributed by atoms with Gasteiger partial charge in [-0.2, -0.15) is 0 Å². The van der Waals surface area contributed by atoms with Crippen molar-refractivity contribution >= 4 is 44.7 Å². The molecule has 0 atom stereocenters. The fourth-order valence-electron chi connectivity index (χ4n) is 2.23. The molecule has 0 unspecified atom stereocenters. The number of aryl methyl sites for hydroxylation is 1. The largest absolute Gasteiger partial charge is 0.486 e. The first-order valence-corrected chi connectivity index (χ1v) is 8.37. The molecule has 2 aromatic carbocycles. The molecule has 0 spiro atoms. The van der Waals surface area contributed by atoms with E-state index < -0.39 is 5.82 Å². The Morgan fingerprint density at radius 3 is 2.88 bits per heavy atom. The minimum Gasteiger partial charge on any atom is -0.486 e. The SMILES string of the molecule is CC(=O)Nc1ccc(OCc2nc3cc(Cl)c(F)cc3s2)cc1C. The number of fused-ring (bicyclic) bond motifs is 1. The number of hydrogen-bond donors (Lipinski definition) is 1. The van der Waals surface area contributed by atoms with Gasteiger partial charge in [0.1, 0.15) is 23.2 Å². The molecule has 0 bridgehead atoms. The molecule has 7 heteroatoms. The zero-order valence-electron chi connectivity index (χ0n) is 13.0. The van der Waals surface area contributed by atoms with E-state index in [0.717, 1.165) is 21.0 Å². The van der Waals surface area contributed by atoms with Gasteiger partial charge in [-0.3, -0.25) is 4.79 Å². The average molecular weight is 365 g/mol. The van der Waals surface area contributed by atoms with Gasteiger partial charge in [0.2, 0.25) is 5.91 Å². The van der Waals surface area contributed by atoms with Crippen LogP contribution in [0.15, 0.2) is 30.3 Å². The fourth-order valence-corrected chi connectivity index (χ4v) is 3.28. The number of rotatable bonds is 4. The lowest BCUT2D eigenvalue weighted by Gasteiger charge is -2.09. The van der Waals surface area contributed by atoms with Gasteiger partial charge >= 0.3 is 0 Å². The minimum absolute atomic E-state index is 0.0597. The maximum absolute atomic E-state index is 13.5. The van der Waals surface area contributed by atoms with E-state index in [0.29, 0.717) is 11.3 Å². The van der Waals surface area contributed by atoms with Gasteiger partial charge in [0.25, 0.3) is 0 Å². The summed E-state index contributed by atoms with van der Waals surface area (Å²) in [5, 5.41) is 3.54. The number of thiazole rings is 1. The Bertz CT molecular complexity index is 887. The summed E-state index contributed by atoms with van der Waals surface area (Å²) in [6.07, 6.45) is 0. The summed E-state index contributed by atoms with van der Waals surface area (Å²) in [4.78, 5) is 15.5. The number of hydrogen-bond acceptors (Lipinski definition) is 4. The first kappa shape index (κ1) is 16.7. The summed E-state index contributed by atoms with van der Waals surface area (Å²) < 4.78 is 19.9. The lowest BCUT2D eigenvalue weighted by molar-refractivity contribution is -0.114. The minimum atomic E-state index is -0.454. The van der Waals surface area contributed by atoms with Crippen molar-refractivity contribution in [1.82, 2.24) is 4.98 Å². The van der Waals surface area contributed by atoms with E-state index in [9.17, 15) is 9.18 Å². The van der Waals surface area contributed by atoms with Crippen LogP contribution in [0, 0.1) is 12.7 Å². The standard InChI is InChI=1S/C17H14ClFN2O2S/c1-9-5-11(3-4-14(9)20-10(2)22)23-8-17-21-15-6-12(18)13(19)7-16(15)24-17/h3-7H,8H2,1-2H3,(H,20,22). The van der Waals surface area contributed by atoms with Crippen LogP contribution in [-0.2, 0) is 11.4 Å². The van der Waals surface area contributed by atoms with Crippen LogP contribution >= 0.6 is 22.9 Å². The van der Waals surface area contributed by atoms with Gasteiger partial charge in [0.15, 0.2) is 0 Å². The Morgan fingerprint density at radius 2 is 2.17 bits per heavy atom. The molecule has 0 aliphatic rings. The number of benzene rings is 2. The van der Waals surface area contributed by atoms with E-state index in [1.54, 1.807) is 12.1 Å². The predicted molar refractivity (Wildman–Crippen MR) is 94.4 cm³/mol. The Hall–Kier alpha value is -2.18. The lowest BCUT2D eigenvalue weighted by atomic mass is 10.2. The van der Waals surface area contributed by atoms with Gasteiger partial charge in [-0.15, -0.1) is 11.3 Å². The van der Waals surface area contributed by atoms with Crippen molar-refractivity contribution in [3.05, 3.63) is 51.7 Å². The number of nitrogens with zero attached hydrogens (tertiary/aromatic N) is 1. The van der Waals surface area contributed by atoms with Gasteiger partial charge in [-0.1, -0.05) is 11.6 Å². The van der Waals surface area contributed by atoms with E-state index in [2.05, 4.69) is 10.3 Å². The average Bonchev–Trinajstić information content (AvgIpc) is 2.89. The number of aromatic nitrogens is 1. The summed E-state index contributed by atoms with van der Waals surface area (Å²) >= 11 is 7.13. The van der Waals surface area contributed by atoms with Gasteiger partial charge in [-0.05, 0) is 42.8 Å². The third-order valence-corrected chi connectivity index (χ3v) is 4.63. The number of ether oxygens (including phenoxy) is 1. The van der Waals surface area contributed by atoms with Crippen LogP contribution in [-0.4, -0.2) is 10.9 Å². The normalized spacial score (nSPS) is 10.8. The van der Waals surface area contributed by atoms with E-state index in [4.69, 9.17) is 16.3 Å². The molecule has 4 nitrogen and oxygen atoms in total. The molecule has 0 aliphatic heterocycles. The van der Waals surface area contributed by atoms with Crippen molar-refractivity contribution in [2.24, 2.45) is 0 Å². The molecular formula is C17H14ClFN2O2S. The van der Waals surface area contributed by atoms with Crippen molar-refractivity contribution < 1.29 is 13.9 Å². The number of anilines is 1.